The molecule has 0 amide bonds. The molecule has 0 atom stereocenters. The average Bonchev–Trinajstić information content (AvgIpc) is 3.66. The summed E-state index contributed by atoms with van der Waals surface area (Å²) in [4.78, 5) is 2.32. The summed E-state index contributed by atoms with van der Waals surface area (Å²) in [6.45, 7) is 0. The van der Waals surface area contributed by atoms with Crippen molar-refractivity contribution in [1.29, 1.82) is 0 Å². The number of para-hydroxylation sites is 3. The van der Waals surface area contributed by atoms with E-state index in [0.717, 1.165) is 17.1 Å². The maximum Gasteiger partial charge on any atom is 0.0541 e. The molecule has 0 saturated carbocycles. The minimum Gasteiger partial charge on any atom is -0.311 e. The Labute approximate surface area is 350 Å². The predicted molar refractivity (Wildman–Crippen MR) is 255 cm³/mol. The first-order valence-corrected chi connectivity index (χ1v) is 20.6. The van der Waals surface area contributed by atoms with Gasteiger partial charge in [0.25, 0.3) is 0 Å². The Morgan fingerprint density at radius 1 is 0.250 bits per heavy atom. The van der Waals surface area contributed by atoms with E-state index in [1.165, 1.54) is 82.8 Å². The lowest BCUT2D eigenvalue weighted by atomic mass is 9.92. The highest BCUT2D eigenvalue weighted by atomic mass is 15.1. The zero-order chi connectivity index (χ0) is 39.8. The van der Waals surface area contributed by atoms with Gasteiger partial charge in [-0.1, -0.05) is 176 Å². The molecule has 2 nitrogen and oxygen atoms in total. The van der Waals surface area contributed by atoms with E-state index in [1.54, 1.807) is 0 Å². The van der Waals surface area contributed by atoms with E-state index < -0.39 is 0 Å². The lowest BCUT2D eigenvalue weighted by Crippen LogP contribution is -2.09. The minimum absolute atomic E-state index is 1.11. The third-order valence-corrected chi connectivity index (χ3v) is 11.8. The van der Waals surface area contributed by atoms with Crippen molar-refractivity contribution in [2.75, 3.05) is 4.90 Å². The highest BCUT2D eigenvalue weighted by Crippen LogP contribution is 2.40. The van der Waals surface area contributed by atoms with E-state index >= 15 is 0 Å². The molecular weight excluding hydrogens is 725 g/mol. The molecule has 2 heteroatoms. The molecule has 60 heavy (non-hydrogen) atoms. The molecule has 1 heterocycles. The molecule has 0 radical (unpaired) electrons. The van der Waals surface area contributed by atoms with Gasteiger partial charge in [0.15, 0.2) is 0 Å². The Hall–Kier alpha value is -7.94. The first-order chi connectivity index (χ1) is 29.8. The third-order valence-electron chi connectivity index (χ3n) is 11.8. The van der Waals surface area contributed by atoms with Gasteiger partial charge in [0, 0.05) is 33.5 Å². The molecule has 0 bridgehead atoms. The summed E-state index contributed by atoms with van der Waals surface area (Å²) in [5, 5.41) is 5.01. The van der Waals surface area contributed by atoms with Crippen LogP contribution in [0.5, 0.6) is 0 Å². The highest BCUT2D eigenvalue weighted by Gasteiger charge is 2.16. The number of aromatic nitrogens is 1. The van der Waals surface area contributed by atoms with Crippen molar-refractivity contribution >= 4 is 49.6 Å². The van der Waals surface area contributed by atoms with Gasteiger partial charge < -0.3 is 9.47 Å². The van der Waals surface area contributed by atoms with Gasteiger partial charge in [-0.2, -0.15) is 0 Å². The number of nitrogens with zero attached hydrogens (tertiary/aromatic N) is 2. The van der Waals surface area contributed by atoms with Crippen LogP contribution in [0.2, 0.25) is 0 Å². The smallest absolute Gasteiger partial charge is 0.0541 e. The molecule has 10 aromatic carbocycles. The number of benzene rings is 10. The summed E-state index contributed by atoms with van der Waals surface area (Å²) in [5.74, 6) is 0. The van der Waals surface area contributed by atoms with E-state index in [2.05, 4.69) is 252 Å². The van der Waals surface area contributed by atoms with Crippen molar-refractivity contribution in [3.05, 3.63) is 243 Å². The van der Waals surface area contributed by atoms with Crippen LogP contribution in [0.15, 0.2) is 243 Å². The highest BCUT2D eigenvalue weighted by molar-refractivity contribution is 6.12. The second-order valence-corrected chi connectivity index (χ2v) is 15.3. The summed E-state index contributed by atoms with van der Waals surface area (Å²) < 4.78 is 2.37. The van der Waals surface area contributed by atoms with Gasteiger partial charge in [-0.25, -0.2) is 0 Å². The molecular formula is C58H40N2. The summed E-state index contributed by atoms with van der Waals surface area (Å²) >= 11 is 0. The third kappa shape index (κ3) is 6.32. The maximum atomic E-state index is 2.37. The van der Waals surface area contributed by atoms with E-state index in [9.17, 15) is 0 Å². The number of hydrogen-bond donors (Lipinski definition) is 0. The van der Waals surface area contributed by atoms with Crippen LogP contribution in [0.3, 0.4) is 0 Å². The first-order valence-electron chi connectivity index (χ1n) is 20.6. The van der Waals surface area contributed by atoms with Crippen molar-refractivity contribution in [3.63, 3.8) is 0 Å². The fourth-order valence-corrected chi connectivity index (χ4v) is 8.91. The van der Waals surface area contributed by atoms with Crippen LogP contribution in [-0.2, 0) is 0 Å². The van der Waals surface area contributed by atoms with Gasteiger partial charge in [0.2, 0.25) is 0 Å². The maximum absolute atomic E-state index is 2.37. The standard InChI is InChI=1S/C58H40N2/c1-4-14-41(15-5-1)43-30-35-49(36-31-43)59(47-16-6-2-7-17-47)50-37-32-44(33-38-50)42-26-28-45(29-27-42)51-21-12-24-54-52(22-13-23-53(51)54)46-34-39-58-56(40-46)55-20-10-11-25-57(55)60(58)48-18-8-3-9-19-48/h1-40H. The van der Waals surface area contributed by atoms with Crippen LogP contribution in [0.25, 0.3) is 82.8 Å². The lowest BCUT2D eigenvalue weighted by Gasteiger charge is -2.26. The molecule has 0 spiro atoms. The Bertz CT molecular complexity index is 3260. The summed E-state index contributed by atoms with van der Waals surface area (Å²) in [6.07, 6.45) is 0. The molecule has 1 aromatic heterocycles. The van der Waals surface area contributed by atoms with Crippen LogP contribution in [0.1, 0.15) is 0 Å². The molecule has 0 aliphatic rings. The molecule has 0 unspecified atom stereocenters. The van der Waals surface area contributed by atoms with E-state index in [0.29, 0.717) is 0 Å². The first kappa shape index (κ1) is 35.2. The summed E-state index contributed by atoms with van der Waals surface area (Å²) in [7, 11) is 0. The van der Waals surface area contributed by atoms with Gasteiger partial charge in [-0.05, 0) is 122 Å². The van der Waals surface area contributed by atoms with Crippen LogP contribution in [0, 0.1) is 0 Å². The fraction of sp³-hybridized carbons (Fsp3) is 0. The van der Waals surface area contributed by atoms with Gasteiger partial charge in [0.1, 0.15) is 0 Å². The van der Waals surface area contributed by atoms with Gasteiger partial charge in [-0.15, -0.1) is 0 Å². The number of rotatable bonds is 8. The van der Waals surface area contributed by atoms with Gasteiger partial charge >= 0.3 is 0 Å². The molecule has 0 aliphatic carbocycles. The van der Waals surface area contributed by atoms with E-state index in [1.807, 2.05) is 0 Å². The molecule has 11 aromatic rings. The fourth-order valence-electron chi connectivity index (χ4n) is 8.91. The van der Waals surface area contributed by atoms with Crippen molar-refractivity contribution < 1.29 is 0 Å². The quantitative estimate of drug-likeness (QED) is 0.150. The Morgan fingerprint density at radius 2 is 0.667 bits per heavy atom. The number of anilines is 3. The van der Waals surface area contributed by atoms with Crippen molar-refractivity contribution in [2.24, 2.45) is 0 Å². The number of hydrogen-bond acceptors (Lipinski definition) is 1. The van der Waals surface area contributed by atoms with Crippen LogP contribution in [0.4, 0.5) is 17.1 Å². The zero-order valence-corrected chi connectivity index (χ0v) is 33.0. The zero-order valence-electron chi connectivity index (χ0n) is 33.0. The van der Waals surface area contributed by atoms with Crippen LogP contribution in [-0.4, -0.2) is 4.57 Å². The Balaban J connectivity index is 0.902. The van der Waals surface area contributed by atoms with Crippen molar-refractivity contribution in [1.82, 2.24) is 4.57 Å². The second-order valence-electron chi connectivity index (χ2n) is 15.3. The molecule has 0 saturated heterocycles. The van der Waals surface area contributed by atoms with E-state index in [4.69, 9.17) is 0 Å². The monoisotopic (exact) mass is 764 g/mol. The van der Waals surface area contributed by atoms with Gasteiger partial charge in [0.05, 0.1) is 11.0 Å². The predicted octanol–water partition coefficient (Wildman–Crippen LogP) is 16.1. The normalized spacial score (nSPS) is 11.3. The van der Waals surface area contributed by atoms with E-state index in [-0.39, 0.29) is 0 Å². The molecule has 11 rings (SSSR count). The molecule has 0 N–H and O–H groups in total. The minimum atomic E-state index is 1.11. The molecule has 282 valence electrons. The second kappa shape index (κ2) is 15.1. The summed E-state index contributed by atoms with van der Waals surface area (Å²) in [5.41, 5.74) is 16.6. The lowest BCUT2D eigenvalue weighted by molar-refractivity contribution is 1.18. The van der Waals surface area contributed by atoms with Gasteiger partial charge in [-0.3, -0.25) is 0 Å². The van der Waals surface area contributed by atoms with Crippen LogP contribution < -0.4 is 4.90 Å². The molecule has 0 aliphatic heterocycles. The summed E-state index contributed by atoms with van der Waals surface area (Å²) in [6, 6.07) is 87.7. The Kier molecular flexibility index (Phi) is 8.87. The average molecular weight is 765 g/mol. The SMILES string of the molecule is c1ccc(-c2ccc(N(c3ccccc3)c3ccc(-c4ccc(-c5cccc6c(-c7ccc8c(c7)c7ccccc7n8-c7ccccc7)cccc56)cc4)cc3)cc2)cc1. The number of fused-ring (bicyclic) bond motifs is 4. The Morgan fingerprint density at radius 3 is 1.28 bits per heavy atom. The largest absolute Gasteiger partial charge is 0.311 e. The molecule has 0 fully saturated rings. The van der Waals surface area contributed by atoms with Crippen molar-refractivity contribution in [2.45, 2.75) is 0 Å². The van der Waals surface area contributed by atoms with Crippen LogP contribution >= 0.6 is 0 Å². The van der Waals surface area contributed by atoms with Crippen molar-refractivity contribution in [3.8, 4) is 50.2 Å². The topological polar surface area (TPSA) is 8.17 Å².